The SMILES string of the molecule is COc1ccc(C2CCN(CC(O)C3(O)CCN(C(=O)/C=C/c4ccc(Cl)c(Cl)c4)CC3)CC2)cc1. The third-order valence-electron chi connectivity index (χ3n) is 7.53. The Morgan fingerprint density at radius 2 is 1.75 bits per heavy atom. The Labute approximate surface area is 223 Å². The summed E-state index contributed by atoms with van der Waals surface area (Å²) in [5, 5.41) is 23.0. The molecule has 0 saturated carbocycles. The van der Waals surface area contributed by atoms with Crippen molar-refractivity contribution in [2.24, 2.45) is 0 Å². The zero-order valence-electron chi connectivity index (χ0n) is 20.6. The zero-order valence-corrected chi connectivity index (χ0v) is 22.1. The molecule has 2 aromatic rings. The average molecular weight is 533 g/mol. The molecule has 0 aliphatic carbocycles. The molecule has 1 atom stereocenters. The van der Waals surface area contributed by atoms with Crippen molar-refractivity contribution in [1.82, 2.24) is 9.80 Å². The van der Waals surface area contributed by atoms with Gasteiger partial charge in [-0.25, -0.2) is 0 Å². The number of amides is 1. The molecule has 2 heterocycles. The number of aliphatic hydroxyl groups excluding tert-OH is 1. The van der Waals surface area contributed by atoms with Crippen LogP contribution in [0.15, 0.2) is 48.5 Å². The van der Waals surface area contributed by atoms with E-state index in [-0.39, 0.29) is 5.91 Å². The number of likely N-dealkylation sites (tertiary alicyclic amines) is 2. The molecule has 1 unspecified atom stereocenters. The fourth-order valence-corrected chi connectivity index (χ4v) is 5.38. The second kappa shape index (κ2) is 12.0. The summed E-state index contributed by atoms with van der Waals surface area (Å²) in [6.07, 6.45) is 5.10. The van der Waals surface area contributed by atoms with Crippen molar-refractivity contribution in [3.8, 4) is 5.75 Å². The number of nitrogens with zero attached hydrogens (tertiary/aromatic N) is 2. The molecule has 0 aromatic heterocycles. The molecule has 2 aliphatic rings. The summed E-state index contributed by atoms with van der Waals surface area (Å²) in [6, 6.07) is 13.5. The van der Waals surface area contributed by atoms with Crippen LogP contribution in [0.1, 0.15) is 42.7 Å². The number of ether oxygens (including phenoxy) is 1. The Morgan fingerprint density at radius 3 is 2.36 bits per heavy atom. The maximum Gasteiger partial charge on any atom is 0.246 e. The molecule has 8 heteroatoms. The van der Waals surface area contributed by atoms with Gasteiger partial charge < -0.3 is 24.7 Å². The number of aliphatic hydroxyl groups is 2. The van der Waals surface area contributed by atoms with Crippen LogP contribution >= 0.6 is 23.2 Å². The molecule has 2 aliphatic heterocycles. The number of benzene rings is 2. The van der Waals surface area contributed by atoms with E-state index in [1.807, 2.05) is 12.1 Å². The molecule has 0 bridgehead atoms. The highest BCUT2D eigenvalue weighted by Gasteiger charge is 2.40. The number of carbonyl (C=O) groups is 1. The smallest absolute Gasteiger partial charge is 0.246 e. The lowest BCUT2D eigenvalue weighted by atomic mass is 9.84. The van der Waals surface area contributed by atoms with Gasteiger partial charge in [-0.1, -0.05) is 41.4 Å². The fourth-order valence-electron chi connectivity index (χ4n) is 5.08. The number of hydrogen-bond donors (Lipinski definition) is 2. The van der Waals surface area contributed by atoms with Gasteiger partial charge in [-0.3, -0.25) is 4.79 Å². The van der Waals surface area contributed by atoms with Crippen LogP contribution in [-0.2, 0) is 4.79 Å². The summed E-state index contributed by atoms with van der Waals surface area (Å²) in [5.41, 5.74) is 0.925. The summed E-state index contributed by atoms with van der Waals surface area (Å²) in [5.74, 6) is 1.24. The largest absolute Gasteiger partial charge is 0.497 e. The van der Waals surface area contributed by atoms with E-state index in [1.54, 1.807) is 36.3 Å². The van der Waals surface area contributed by atoms with Crippen molar-refractivity contribution in [1.29, 1.82) is 0 Å². The minimum atomic E-state index is -1.18. The molecule has 0 spiro atoms. The quantitative estimate of drug-likeness (QED) is 0.509. The van der Waals surface area contributed by atoms with Crippen LogP contribution in [0.2, 0.25) is 10.0 Å². The van der Waals surface area contributed by atoms with Crippen molar-refractivity contribution in [3.63, 3.8) is 0 Å². The van der Waals surface area contributed by atoms with Gasteiger partial charge in [0.2, 0.25) is 5.91 Å². The molecular weight excluding hydrogens is 499 g/mol. The molecule has 36 heavy (non-hydrogen) atoms. The highest BCUT2D eigenvalue weighted by molar-refractivity contribution is 6.42. The second-order valence-electron chi connectivity index (χ2n) is 9.80. The Morgan fingerprint density at radius 1 is 1.08 bits per heavy atom. The number of rotatable bonds is 7. The molecule has 4 rings (SSSR count). The summed E-state index contributed by atoms with van der Waals surface area (Å²) in [7, 11) is 1.67. The predicted octanol–water partition coefficient (Wildman–Crippen LogP) is 4.61. The third kappa shape index (κ3) is 6.61. The Bertz CT molecular complexity index is 1060. The van der Waals surface area contributed by atoms with E-state index < -0.39 is 11.7 Å². The van der Waals surface area contributed by atoms with E-state index in [0.29, 0.717) is 48.4 Å². The van der Waals surface area contributed by atoms with Gasteiger partial charge in [0, 0.05) is 25.7 Å². The summed E-state index contributed by atoms with van der Waals surface area (Å²) in [6.45, 7) is 3.01. The highest BCUT2D eigenvalue weighted by Crippen LogP contribution is 2.31. The topological polar surface area (TPSA) is 73.2 Å². The maximum atomic E-state index is 12.6. The Hall–Kier alpha value is -2.09. The van der Waals surface area contributed by atoms with Crippen molar-refractivity contribution in [2.75, 3.05) is 39.8 Å². The average Bonchev–Trinajstić information content (AvgIpc) is 2.90. The van der Waals surface area contributed by atoms with Crippen molar-refractivity contribution in [3.05, 3.63) is 69.7 Å². The summed E-state index contributed by atoms with van der Waals surface area (Å²) in [4.78, 5) is 16.6. The minimum Gasteiger partial charge on any atom is -0.497 e. The predicted molar refractivity (Wildman–Crippen MR) is 144 cm³/mol. The van der Waals surface area contributed by atoms with Crippen LogP contribution in [0, 0.1) is 0 Å². The molecule has 6 nitrogen and oxygen atoms in total. The number of halogens is 2. The first-order chi connectivity index (χ1) is 17.3. The van der Waals surface area contributed by atoms with Crippen molar-refractivity contribution < 1.29 is 19.7 Å². The van der Waals surface area contributed by atoms with Gasteiger partial charge in [0.15, 0.2) is 0 Å². The monoisotopic (exact) mass is 532 g/mol. The fraction of sp³-hybridized carbons (Fsp3) is 0.464. The molecule has 2 aromatic carbocycles. The van der Waals surface area contributed by atoms with Crippen LogP contribution in [0.25, 0.3) is 6.08 Å². The van der Waals surface area contributed by atoms with Gasteiger partial charge in [-0.2, -0.15) is 0 Å². The molecule has 2 fully saturated rings. The van der Waals surface area contributed by atoms with Gasteiger partial charge in [0.05, 0.1) is 28.9 Å². The van der Waals surface area contributed by atoms with Gasteiger partial charge in [-0.05, 0) is 86.2 Å². The first kappa shape index (κ1) is 27.0. The third-order valence-corrected chi connectivity index (χ3v) is 8.27. The lowest BCUT2D eigenvalue weighted by molar-refractivity contribution is -0.140. The van der Waals surface area contributed by atoms with E-state index in [4.69, 9.17) is 27.9 Å². The maximum absolute atomic E-state index is 12.6. The summed E-state index contributed by atoms with van der Waals surface area (Å²) < 4.78 is 5.25. The number of methoxy groups -OCH3 is 1. The first-order valence-electron chi connectivity index (χ1n) is 12.5. The van der Waals surface area contributed by atoms with Crippen LogP contribution < -0.4 is 4.74 Å². The van der Waals surface area contributed by atoms with E-state index in [9.17, 15) is 15.0 Å². The van der Waals surface area contributed by atoms with E-state index >= 15 is 0 Å². The molecular formula is C28H34Cl2N2O4. The lowest BCUT2D eigenvalue weighted by Crippen LogP contribution is -2.56. The molecule has 2 saturated heterocycles. The first-order valence-corrected chi connectivity index (χ1v) is 13.2. The normalized spacial score (nSPS) is 20.0. The van der Waals surface area contributed by atoms with Gasteiger partial charge in [-0.15, -0.1) is 0 Å². The van der Waals surface area contributed by atoms with Gasteiger partial charge in [0.1, 0.15) is 5.75 Å². The van der Waals surface area contributed by atoms with Crippen molar-refractivity contribution >= 4 is 35.2 Å². The molecule has 2 N–H and O–H groups in total. The number of carbonyl (C=O) groups excluding carboxylic acids is 1. The molecule has 0 radical (unpaired) electrons. The van der Waals surface area contributed by atoms with Crippen LogP contribution in [0.3, 0.4) is 0 Å². The van der Waals surface area contributed by atoms with E-state index in [0.717, 1.165) is 37.2 Å². The zero-order chi connectivity index (χ0) is 25.7. The van der Waals surface area contributed by atoms with Crippen LogP contribution in [0.5, 0.6) is 5.75 Å². The number of piperidine rings is 2. The molecule has 1 amide bonds. The lowest BCUT2D eigenvalue weighted by Gasteiger charge is -2.43. The highest BCUT2D eigenvalue weighted by atomic mass is 35.5. The van der Waals surface area contributed by atoms with Gasteiger partial charge >= 0.3 is 0 Å². The Kier molecular flexibility index (Phi) is 8.96. The Balaban J connectivity index is 1.23. The van der Waals surface area contributed by atoms with Gasteiger partial charge in [0.25, 0.3) is 0 Å². The standard InChI is InChI=1S/C28H34Cl2N2O4/c1-36-23-6-4-21(5-7-23)22-10-14-31(15-11-22)19-26(33)28(35)12-16-32(17-13-28)27(34)9-3-20-2-8-24(29)25(30)18-20/h2-9,18,22,26,33,35H,10-17,19H2,1H3/b9-3+. The number of hydrogen-bond acceptors (Lipinski definition) is 5. The van der Waals surface area contributed by atoms with Crippen LogP contribution in [-0.4, -0.2) is 77.5 Å². The van der Waals surface area contributed by atoms with Crippen molar-refractivity contribution in [2.45, 2.75) is 43.3 Å². The minimum absolute atomic E-state index is 0.127. The molecule has 194 valence electrons. The number of β-amino-alcohol motifs (C(OH)–C–C–N with tert-alkyl or cyclic N) is 1. The van der Waals surface area contributed by atoms with E-state index in [1.165, 1.54) is 11.6 Å². The van der Waals surface area contributed by atoms with E-state index in [2.05, 4.69) is 17.0 Å². The van der Waals surface area contributed by atoms with Crippen LogP contribution in [0.4, 0.5) is 0 Å². The second-order valence-corrected chi connectivity index (χ2v) is 10.6. The summed E-state index contributed by atoms with van der Waals surface area (Å²) >= 11 is 12.0.